The summed E-state index contributed by atoms with van der Waals surface area (Å²) in [5.41, 5.74) is 4.55. The molecule has 9 nitrogen and oxygen atoms in total. The maximum Gasteiger partial charge on any atom is 0.224 e. The Bertz CT molecular complexity index is 1490. The molecular formula is C28H28ClN7O2. The summed E-state index contributed by atoms with van der Waals surface area (Å²) in [6.45, 7) is 2.98. The van der Waals surface area contributed by atoms with E-state index in [1.807, 2.05) is 50.2 Å². The van der Waals surface area contributed by atoms with Crippen LogP contribution in [-0.2, 0) is 11.4 Å². The fourth-order valence-corrected chi connectivity index (χ4v) is 4.10. The van der Waals surface area contributed by atoms with Crippen molar-refractivity contribution in [3.63, 3.8) is 0 Å². The summed E-state index contributed by atoms with van der Waals surface area (Å²) in [7, 11) is 3.96. The first-order valence-corrected chi connectivity index (χ1v) is 12.5. The van der Waals surface area contributed by atoms with Gasteiger partial charge in [0.2, 0.25) is 5.91 Å². The van der Waals surface area contributed by atoms with Gasteiger partial charge < -0.3 is 20.3 Å². The lowest BCUT2D eigenvalue weighted by Crippen LogP contribution is -2.17. The van der Waals surface area contributed by atoms with Crippen molar-refractivity contribution in [2.24, 2.45) is 0 Å². The normalized spacial score (nSPS) is 10.8. The number of pyridine rings is 1. The first-order valence-electron chi connectivity index (χ1n) is 12.1. The van der Waals surface area contributed by atoms with Crippen LogP contribution in [0, 0.1) is 18.3 Å². The summed E-state index contributed by atoms with van der Waals surface area (Å²) < 4.78 is 5.78. The predicted octanol–water partition coefficient (Wildman–Crippen LogP) is 5.46. The molecule has 0 saturated heterocycles. The van der Waals surface area contributed by atoms with E-state index in [0.29, 0.717) is 56.4 Å². The van der Waals surface area contributed by atoms with Crippen LogP contribution in [0.15, 0.2) is 54.9 Å². The molecule has 0 atom stereocenters. The number of carbonyl (C=O) groups excluding carboxylic acids is 1. The molecule has 10 heteroatoms. The minimum Gasteiger partial charge on any atom is -0.486 e. The van der Waals surface area contributed by atoms with Crippen LogP contribution in [0.1, 0.15) is 29.7 Å². The van der Waals surface area contributed by atoms with Gasteiger partial charge in [-0.1, -0.05) is 11.6 Å². The van der Waals surface area contributed by atoms with E-state index in [0.717, 1.165) is 18.5 Å². The first kappa shape index (κ1) is 26.8. The number of amides is 1. The van der Waals surface area contributed by atoms with E-state index in [1.54, 1.807) is 24.4 Å². The second kappa shape index (κ2) is 12.3. The van der Waals surface area contributed by atoms with Gasteiger partial charge in [0.1, 0.15) is 24.1 Å². The lowest BCUT2D eigenvalue weighted by molar-refractivity contribution is -0.116. The highest BCUT2D eigenvalue weighted by molar-refractivity contribution is 6.32. The van der Waals surface area contributed by atoms with Crippen molar-refractivity contribution in [3.05, 3.63) is 76.7 Å². The van der Waals surface area contributed by atoms with Gasteiger partial charge in [0.25, 0.3) is 0 Å². The molecule has 2 N–H and O–H groups in total. The van der Waals surface area contributed by atoms with Crippen LogP contribution in [0.25, 0.3) is 10.9 Å². The minimum atomic E-state index is -0.0583. The first-order chi connectivity index (χ1) is 18.3. The van der Waals surface area contributed by atoms with Crippen LogP contribution in [0.3, 0.4) is 0 Å². The van der Waals surface area contributed by atoms with Crippen molar-refractivity contribution in [2.75, 3.05) is 31.3 Å². The Balaban J connectivity index is 1.58. The molecule has 0 aliphatic rings. The number of rotatable bonds is 10. The fourth-order valence-electron chi connectivity index (χ4n) is 3.87. The zero-order valence-electron chi connectivity index (χ0n) is 21.5. The quantitative estimate of drug-likeness (QED) is 0.278. The van der Waals surface area contributed by atoms with E-state index in [4.69, 9.17) is 16.3 Å². The molecule has 0 fully saturated rings. The van der Waals surface area contributed by atoms with Gasteiger partial charge in [-0.2, -0.15) is 15.5 Å². The average Bonchev–Trinajstić information content (AvgIpc) is 2.89. The van der Waals surface area contributed by atoms with Crippen LogP contribution in [-0.4, -0.2) is 46.6 Å². The third-order valence-corrected chi connectivity index (χ3v) is 6.12. The topological polar surface area (TPSA) is 116 Å². The van der Waals surface area contributed by atoms with Crippen molar-refractivity contribution in [1.82, 2.24) is 20.1 Å². The SMILES string of the molecule is Cc1cc2ncc(C#N)c(Nc3ccc(OCc4cccnn4)c(Cl)c3)c2cc1NC(=O)CCCN(C)C. The fraction of sp³-hybridized carbons (Fsp3) is 0.250. The van der Waals surface area contributed by atoms with E-state index < -0.39 is 0 Å². The van der Waals surface area contributed by atoms with Crippen molar-refractivity contribution < 1.29 is 9.53 Å². The van der Waals surface area contributed by atoms with Gasteiger partial charge in [0.05, 0.1) is 21.8 Å². The molecule has 4 aromatic rings. The predicted molar refractivity (Wildman–Crippen MR) is 149 cm³/mol. The monoisotopic (exact) mass is 529 g/mol. The third kappa shape index (κ3) is 6.73. The van der Waals surface area contributed by atoms with Gasteiger partial charge in [-0.3, -0.25) is 9.78 Å². The van der Waals surface area contributed by atoms with Gasteiger partial charge in [-0.25, -0.2) is 0 Å². The molecule has 0 spiro atoms. The Kier molecular flexibility index (Phi) is 8.69. The number of nitrogens with zero attached hydrogens (tertiary/aromatic N) is 5. The molecule has 0 aliphatic heterocycles. The van der Waals surface area contributed by atoms with Gasteiger partial charge in [0, 0.05) is 35.6 Å². The zero-order valence-corrected chi connectivity index (χ0v) is 22.2. The smallest absolute Gasteiger partial charge is 0.224 e. The Morgan fingerprint density at radius 2 is 2.05 bits per heavy atom. The third-order valence-electron chi connectivity index (χ3n) is 5.82. The molecular weight excluding hydrogens is 502 g/mol. The maximum absolute atomic E-state index is 12.5. The minimum absolute atomic E-state index is 0.0583. The Labute approximate surface area is 226 Å². The van der Waals surface area contributed by atoms with Gasteiger partial charge in [-0.15, -0.1) is 0 Å². The Morgan fingerprint density at radius 1 is 1.21 bits per heavy atom. The summed E-state index contributed by atoms with van der Waals surface area (Å²) >= 11 is 6.49. The number of fused-ring (bicyclic) bond motifs is 1. The van der Waals surface area contributed by atoms with E-state index in [1.165, 1.54) is 6.20 Å². The molecule has 2 heterocycles. The summed E-state index contributed by atoms with van der Waals surface area (Å²) in [6.07, 6.45) is 4.31. The molecule has 0 unspecified atom stereocenters. The van der Waals surface area contributed by atoms with E-state index >= 15 is 0 Å². The van der Waals surface area contributed by atoms with Crippen LogP contribution in [0.2, 0.25) is 5.02 Å². The zero-order chi connectivity index (χ0) is 27.1. The van der Waals surface area contributed by atoms with E-state index in [-0.39, 0.29) is 12.5 Å². The number of aryl methyl sites for hydroxylation is 1. The molecule has 194 valence electrons. The largest absolute Gasteiger partial charge is 0.486 e. The van der Waals surface area contributed by atoms with E-state index in [9.17, 15) is 10.1 Å². The molecule has 0 bridgehead atoms. The molecule has 1 amide bonds. The van der Waals surface area contributed by atoms with Crippen LogP contribution < -0.4 is 15.4 Å². The number of hydrogen-bond acceptors (Lipinski definition) is 8. The van der Waals surface area contributed by atoms with Gasteiger partial charge in [-0.05, 0) is 82.0 Å². The molecule has 0 aliphatic carbocycles. The second-order valence-corrected chi connectivity index (χ2v) is 9.48. The van der Waals surface area contributed by atoms with E-state index in [2.05, 4.69) is 31.9 Å². The number of halogens is 1. The second-order valence-electron chi connectivity index (χ2n) is 9.07. The number of benzene rings is 2. The summed E-state index contributed by atoms with van der Waals surface area (Å²) in [5.74, 6) is 0.440. The molecule has 2 aromatic heterocycles. The summed E-state index contributed by atoms with van der Waals surface area (Å²) in [6, 6.07) is 14.8. The van der Waals surface area contributed by atoms with Crippen molar-refractivity contribution in [1.29, 1.82) is 5.26 Å². The Hall–Kier alpha value is -4.26. The Morgan fingerprint density at radius 3 is 2.76 bits per heavy atom. The molecule has 38 heavy (non-hydrogen) atoms. The van der Waals surface area contributed by atoms with Crippen LogP contribution in [0.4, 0.5) is 17.1 Å². The van der Waals surface area contributed by atoms with Crippen molar-refractivity contribution in [3.8, 4) is 11.8 Å². The highest BCUT2D eigenvalue weighted by atomic mass is 35.5. The number of aromatic nitrogens is 3. The maximum atomic E-state index is 12.5. The molecule has 0 saturated carbocycles. The number of nitriles is 1. The number of ether oxygens (including phenoxy) is 1. The lowest BCUT2D eigenvalue weighted by atomic mass is 10.0. The number of carbonyl (C=O) groups is 1. The van der Waals surface area contributed by atoms with Crippen molar-refractivity contribution >= 4 is 45.5 Å². The number of anilines is 3. The van der Waals surface area contributed by atoms with Crippen molar-refractivity contribution in [2.45, 2.75) is 26.4 Å². The van der Waals surface area contributed by atoms with Crippen LogP contribution >= 0.6 is 11.6 Å². The molecule has 2 aromatic carbocycles. The highest BCUT2D eigenvalue weighted by Gasteiger charge is 2.14. The number of hydrogen-bond donors (Lipinski definition) is 2. The standard InChI is InChI=1S/C28H28ClN7O2/c1-18-12-25-22(14-24(18)34-27(37)7-5-11-36(2)3)28(19(15-30)16-31-25)33-20-8-9-26(23(29)13-20)38-17-21-6-4-10-32-35-21/h4,6,8-10,12-14,16H,5,7,11,17H2,1-3H3,(H,31,33)(H,34,37). The van der Waals surface area contributed by atoms with Crippen LogP contribution in [0.5, 0.6) is 5.75 Å². The highest BCUT2D eigenvalue weighted by Crippen LogP contribution is 2.35. The molecule has 4 rings (SSSR count). The van der Waals surface area contributed by atoms with Gasteiger partial charge >= 0.3 is 0 Å². The lowest BCUT2D eigenvalue weighted by Gasteiger charge is -2.16. The molecule has 0 radical (unpaired) electrons. The van der Waals surface area contributed by atoms with Gasteiger partial charge in [0.15, 0.2) is 0 Å². The average molecular weight is 530 g/mol. The number of nitrogens with one attached hydrogen (secondary N) is 2. The summed E-state index contributed by atoms with van der Waals surface area (Å²) in [4.78, 5) is 19.0. The summed E-state index contributed by atoms with van der Waals surface area (Å²) in [5, 5.41) is 25.0.